The summed E-state index contributed by atoms with van der Waals surface area (Å²) in [6.45, 7) is 3.45. The molecule has 0 amide bonds. The van der Waals surface area contributed by atoms with E-state index in [0.29, 0.717) is 5.92 Å². The van der Waals surface area contributed by atoms with Crippen molar-refractivity contribution in [3.8, 4) is 11.1 Å². The molecule has 1 aromatic heterocycles. The summed E-state index contributed by atoms with van der Waals surface area (Å²) in [6, 6.07) is 6.83. The van der Waals surface area contributed by atoms with Crippen LogP contribution in [0.2, 0.25) is 0 Å². The molecule has 0 aliphatic carbocycles. The van der Waals surface area contributed by atoms with Crippen molar-refractivity contribution in [1.82, 2.24) is 9.78 Å². The maximum atomic E-state index is 4.27. The highest BCUT2D eigenvalue weighted by molar-refractivity contribution is 5.69. The van der Waals surface area contributed by atoms with Crippen molar-refractivity contribution >= 4 is 5.69 Å². The molecule has 0 saturated heterocycles. The van der Waals surface area contributed by atoms with Gasteiger partial charge in [-0.15, -0.1) is 0 Å². The Morgan fingerprint density at radius 2 is 2.11 bits per heavy atom. The number of fused-ring (bicyclic) bond motifs is 1. The largest absolute Gasteiger partial charge is 0.374 e. The van der Waals surface area contributed by atoms with Gasteiger partial charge in [0.05, 0.1) is 6.20 Å². The predicted octanol–water partition coefficient (Wildman–Crippen LogP) is 3.42. The second-order valence-electron chi connectivity index (χ2n) is 5.49. The van der Waals surface area contributed by atoms with Crippen molar-refractivity contribution in [1.29, 1.82) is 0 Å². The van der Waals surface area contributed by atoms with E-state index in [4.69, 9.17) is 0 Å². The first-order chi connectivity index (χ1) is 9.19. The van der Waals surface area contributed by atoms with Crippen LogP contribution in [0.5, 0.6) is 0 Å². The van der Waals surface area contributed by atoms with Crippen LogP contribution in [0.4, 0.5) is 5.69 Å². The number of hydrogen-bond donors (Lipinski definition) is 0. The molecule has 3 nitrogen and oxygen atoms in total. The van der Waals surface area contributed by atoms with Gasteiger partial charge < -0.3 is 4.90 Å². The smallest absolute Gasteiger partial charge is 0.0568 e. The summed E-state index contributed by atoms with van der Waals surface area (Å²) in [5.74, 6) is 0.697. The topological polar surface area (TPSA) is 21.1 Å². The minimum Gasteiger partial charge on any atom is -0.374 e. The lowest BCUT2D eigenvalue weighted by Crippen LogP contribution is -2.27. The van der Waals surface area contributed by atoms with Crippen molar-refractivity contribution < 1.29 is 0 Å². The van der Waals surface area contributed by atoms with Gasteiger partial charge in [0, 0.05) is 38.1 Å². The van der Waals surface area contributed by atoms with Gasteiger partial charge in [0.25, 0.3) is 0 Å². The van der Waals surface area contributed by atoms with E-state index in [2.05, 4.69) is 48.4 Å². The lowest BCUT2D eigenvalue weighted by molar-refractivity contribution is 0.578. The SMILES string of the molecule is CC[C@@H]1CCN(C)c2ccc(-c3cnn(C)c3)cc21. The maximum absolute atomic E-state index is 4.27. The normalized spacial score (nSPS) is 18.5. The van der Waals surface area contributed by atoms with Gasteiger partial charge in [0.2, 0.25) is 0 Å². The Morgan fingerprint density at radius 3 is 2.79 bits per heavy atom. The molecule has 0 N–H and O–H groups in total. The van der Waals surface area contributed by atoms with Crippen molar-refractivity contribution in [2.24, 2.45) is 7.05 Å². The summed E-state index contributed by atoms with van der Waals surface area (Å²) in [5.41, 5.74) is 5.37. The van der Waals surface area contributed by atoms with Crippen LogP contribution in [0, 0.1) is 0 Å². The number of aryl methyl sites for hydroxylation is 1. The molecule has 2 aromatic rings. The monoisotopic (exact) mass is 255 g/mol. The zero-order chi connectivity index (χ0) is 13.4. The van der Waals surface area contributed by atoms with E-state index >= 15 is 0 Å². The third-order valence-corrected chi connectivity index (χ3v) is 4.22. The first kappa shape index (κ1) is 12.3. The van der Waals surface area contributed by atoms with E-state index < -0.39 is 0 Å². The van der Waals surface area contributed by atoms with Crippen molar-refractivity contribution in [3.63, 3.8) is 0 Å². The fourth-order valence-electron chi connectivity index (χ4n) is 3.03. The van der Waals surface area contributed by atoms with E-state index in [1.807, 2.05) is 17.9 Å². The second kappa shape index (κ2) is 4.72. The standard InChI is InChI=1S/C16H21N3/c1-4-12-7-8-18(2)16-6-5-13(9-15(12)16)14-10-17-19(3)11-14/h5-6,9-12H,4,7-8H2,1-3H3/t12-/m1/s1. The van der Waals surface area contributed by atoms with E-state index in [-0.39, 0.29) is 0 Å². The summed E-state index contributed by atoms with van der Waals surface area (Å²) in [4.78, 5) is 2.37. The van der Waals surface area contributed by atoms with Gasteiger partial charge in [0.15, 0.2) is 0 Å². The Kier molecular flexibility index (Phi) is 3.05. The van der Waals surface area contributed by atoms with Gasteiger partial charge in [-0.2, -0.15) is 5.10 Å². The summed E-state index contributed by atoms with van der Waals surface area (Å²) in [5, 5.41) is 4.27. The Morgan fingerprint density at radius 1 is 1.26 bits per heavy atom. The summed E-state index contributed by atoms with van der Waals surface area (Å²) in [7, 11) is 4.15. The molecule has 3 rings (SSSR count). The Bertz CT molecular complexity index is 585. The zero-order valence-corrected chi connectivity index (χ0v) is 11.9. The zero-order valence-electron chi connectivity index (χ0n) is 11.9. The Balaban J connectivity index is 2.06. The summed E-state index contributed by atoms with van der Waals surface area (Å²) >= 11 is 0. The lowest BCUT2D eigenvalue weighted by Gasteiger charge is -2.33. The third-order valence-electron chi connectivity index (χ3n) is 4.22. The summed E-state index contributed by atoms with van der Waals surface area (Å²) in [6.07, 6.45) is 6.50. The highest BCUT2D eigenvalue weighted by Gasteiger charge is 2.22. The molecular formula is C16H21N3. The molecule has 0 saturated carbocycles. The average Bonchev–Trinajstić information content (AvgIpc) is 2.86. The molecule has 1 atom stereocenters. The van der Waals surface area contributed by atoms with Crippen molar-refractivity contribution in [2.75, 3.05) is 18.5 Å². The molecule has 0 spiro atoms. The van der Waals surface area contributed by atoms with Gasteiger partial charge in [-0.05, 0) is 42.0 Å². The molecule has 1 aromatic carbocycles. The fraction of sp³-hybridized carbons (Fsp3) is 0.438. The van der Waals surface area contributed by atoms with Crippen molar-refractivity contribution in [2.45, 2.75) is 25.7 Å². The molecule has 2 heterocycles. The minimum atomic E-state index is 0.697. The van der Waals surface area contributed by atoms with Gasteiger partial charge >= 0.3 is 0 Å². The quantitative estimate of drug-likeness (QED) is 0.820. The van der Waals surface area contributed by atoms with E-state index in [9.17, 15) is 0 Å². The van der Waals surface area contributed by atoms with Crippen LogP contribution >= 0.6 is 0 Å². The summed E-state index contributed by atoms with van der Waals surface area (Å²) < 4.78 is 1.86. The van der Waals surface area contributed by atoms with Crippen LogP contribution < -0.4 is 4.90 Å². The number of rotatable bonds is 2. The second-order valence-corrected chi connectivity index (χ2v) is 5.49. The average molecular weight is 255 g/mol. The van der Waals surface area contributed by atoms with E-state index in [1.54, 1.807) is 0 Å². The highest BCUT2D eigenvalue weighted by Crippen LogP contribution is 2.38. The number of hydrogen-bond acceptors (Lipinski definition) is 2. The number of anilines is 1. The maximum Gasteiger partial charge on any atom is 0.0568 e. The van der Waals surface area contributed by atoms with Crippen LogP contribution in [0.25, 0.3) is 11.1 Å². The highest BCUT2D eigenvalue weighted by atomic mass is 15.2. The molecule has 1 aliphatic rings. The number of nitrogens with zero attached hydrogens (tertiary/aromatic N) is 3. The van der Waals surface area contributed by atoms with Crippen molar-refractivity contribution in [3.05, 3.63) is 36.2 Å². The van der Waals surface area contributed by atoms with E-state index in [1.165, 1.54) is 35.2 Å². The van der Waals surface area contributed by atoms with Gasteiger partial charge in [-0.3, -0.25) is 4.68 Å². The van der Waals surface area contributed by atoms with Crippen LogP contribution in [0.1, 0.15) is 31.2 Å². The molecule has 0 unspecified atom stereocenters. The lowest BCUT2D eigenvalue weighted by atomic mass is 9.86. The van der Waals surface area contributed by atoms with Gasteiger partial charge in [-0.1, -0.05) is 13.0 Å². The van der Waals surface area contributed by atoms with Crippen LogP contribution in [-0.4, -0.2) is 23.4 Å². The van der Waals surface area contributed by atoms with Crippen LogP contribution in [0.3, 0.4) is 0 Å². The van der Waals surface area contributed by atoms with E-state index in [0.717, 1.165) is 6.54 Å². The number of benzene rings is 1. The molecule has 19 heavy (non-hydrogen) atoms. The van der Waals surface area contributed by atoms with Gasteiger partial charge in [0.1, 0.15) is 0 Å². The molecule has 0 bridgehead atoms. The molecule has 0 fully saturated rings. The first-order valence-electron chi connectivity index (χ1n) is 7.03. The minimum absolute atomic E-state index is 0.697. The fourth-order valence-corrected chi connectivity index (χ4v) is 3.03. The molecule has 3 heteroatoms. The first-order valence-corrected chi connectivity index (χ1v) is 7.03. The molecular weight excluding hydrogens is 234 g/mol. The third kappa shape index (κ3) is 2.14. The van der Waals surface area contributed by atoms with Crippen LogP contribution in [-0.2, 0) is 7.05 Å². The van der Waals surface area contributed by atoms with Gasteiger partial charge in [-0.25, -0.2) is 0 Å². The molecule has 100 valence electrons. The Hall–Kier alpha value is -1.77. The van der Waals surface area contributed by atoms with Crippen LogP contribution in [0.15, 0.2) is 30.6 Å². The number of aromatic nitrogens is 2. The molecule has 0 radical (unpaired) electrons. The molecule has 1 aliphatic heterocycles. The Labute approximate surface area is 114 Å². The predicted molar refractivity (Wildman–Crippen MR) is 79.6 cm³/mol.